The summed E-state index contributed by atoms with van der Waals surface area (Å²) in [4.78, 5) is 16.4. The first-order valence-corrected chi connectivity index (χ1v) is 10.6. The number of furan rings is 1. The zero-order valence-electron chi connectivity index (χ0n) is 15.2. The predicted octanol–water partition coefficient (Wildman–Crippen LogP) is 3.76. The first kappa shape index (κ1) is 18.6. The highest BCUT2D eigenvalue weighted by Crippen LogP contribution is 2.29. The lowest BCUT2D eigenvalue weighted by Crippen LogP contribution is -2.31. The molecule has 1 N–H and O–H groups in total. The first-order valence-electron chi connectivity index (χ1n) is 9.19. The summed E-state index contributed by atoms with van der Waals surface area (Å²) in [6.45, 7) is 0.976. The summed E-state index contributed by atoms with van der Waals surface area (Å²) in [5.41, 5.74) is 0.781. The van der Waals surface area contributed by atoms with E-state index in [2.05, 4.69) is 4.98 Å². The summed E-state index contributed by atoms with van der Waals surface area (Å²) in [5, 5.41) is 9.96. The molecule has 0 atom stereocenters. The van der Waals surface area contributed by atoms with Crippen molar-refractivity contribution in [2.45, 2.75) is 30.6 Å². The lowest BCUT2D eigenvalue weighted by Gasteiger charge is -2.20. The van der Waals surface area contributed by atoms with Crippen LogP contribution >= 0.6 is 0 Å². The molecule has 0 aliphatic carbocycles. The van der Waals surface area contributed by atoms with Gasteiger partial charge in [-0.2, -0.15) is 4.31 Å². The molecule has 28 heavy (non-hydrogen) atoms. The number of sulfonamides is 1. The maximum Gasteiger partial charge on any atom is 0.336 e. The molecule has 146 valence electrons. The average molecular weight is 400 g/mol. The average Bonchev–Trinajstić information content (AvgIpc) is 3.08. The van der Waals surface area contributed by atoms with Crippen LogP contribution in [0, 0.1) is 0 Å². The van der Waals surface area contributed by atoms with E-state index in [-0.39, 0.29) is 10.5 Å². The standard InChI is InChI=1S/C20H20N2O5S/c23-20(24)16-13-18(19-6-5-11-27-19)21-17-8-7-14(12-15(16)17)28(25,26)22-9-3-1-2-4-10-22/h5-8,11-13H,1-4,9-10H2,(H,23,24). The van der Waals surface area contributed by atoms with Crippen molar-refractivity contribution in [2.24, 2.45) is 0 Å². The van der Waals surface area contributed by atoms with Gasteiger partial charge in [-0.1, -0.05) is 12.8 Å². The Morgan fingerprint density at radius 2 is 1.82 bits per heavy atom. The van der Waals surface area contributed by atoms with E-state index in [1.807, 2.05) is 0 Å². The number of aromatic carboxylic acids is 1. The third-order valence-electron chi connectivity index (χ3n) is 4.99. The van der Waals surface area contributed by atoms with Crippen molar-refractivity contribution in [3.8, 4) is 11.5 Å². The molecule has 2 aromatic heterocycles. The molecule has 1 aliphatic heterocycles. The number of carboxylic acid groups (broad SMARTS) is 1. The Morgan fingerprint density at radius 1 is 1.07 bits per heavy atom. The molecule has 4 rings (SSSR count). The molecule has 1 saturated heterocycles. The SMILES string of the molecule is O=C(O)c1cc(-c2ccco2)nc2ccc(S(=O)(=O)N3CCCCCC3)cc12. The summed E-state index contributed by atoms with van der Waals surface area (Å²) >= 11 is 0. The van der Waals surface area contributed by atoms with E-state index in [1.165, 1.54) is 28.8 Å². The van der Waals surface area contributed by atoms with E-state index in [0.717, 1.165) is 25.7 Å². The minimum atomic E-state index is -3.68. The second kappa shape index (κ2) is 7.37. The lowest BCUT2D eigenvalue weighted by atomic mass is 10.1. The largest absolute Gasteiger partial charge is 0.478 e. The van der Waals surface area contributed by atoms with Crippen LogP contribution in [-0.2, 0) is 10.0 Å². The van der Waals surface area contributed by atoms with Gasteiger partial charge in [0.25, 0.3) is 0 Å². The monoisotopic (exact) mass is 400 g/mol. The second-order valence-electron chi connectivity index (χ2n) is 6.83. The van der Waals surface area contributed by atoms with Crippen molar-refractivity contribution in [3.63, 3.8) is 0 Å². The minimum Gasteiger partial charge on any atom is -0.478 e. The van der Waals surface area contributed by atoms with Gasteiger partial charge in [0.1, 0.15) is 5.69 Å². The van der Waals surface area contributed by atoms with Crippen molar-refractivity contribution >= 4 is 26.9 Å². The van der Waals surface area contributed by atoms with E-state index in [1.54, 1.807) is 18.2 Å². The van der Waals surface area contributed by atoms with Crippen molar-refractivity contribution in [1.82, 2.24) is 9.29 Å². The number of hydrogen-bond donors (Lipinski definition) is 1. The topological polar surface area (TPSA) is 101 Å². The van der Waals surface area contributed by atoms with Crippen LogP contribution in [0.15, 0.2) is 52.0 Å². The van der Waals surface area contributed by atoms with Crippen LogP contribution in [-0.4, -0.2) is 41.9 Å². The van der Waals surface area contributed by atoms with E-state index >= 15 is 0 Å². The molecule has 7 nitrogen and oxygen atoms in total. The fourth-order valence-electron chi connectivity index (χ4n) is 3.52. The Hall–Kier alpha value is -2.71. The minimum absolute atomic E-state index is 0.00989. The van der Waals surface area contributed by atoms with Gasteiger partial charge in [0, 0.05) is 18.5 Å². The summed E-state index contributed by atoms with van der Waals surface area (Å²) in [5.74, 6) is -0.699. The number of pyridine rings is 1. The zero-order chi connectivity index (χ0) is 19.7. The van der Waals surface area contributed by atoms with Gasteiger partial charge in [-0.15, -0.1) is 0 Å². The number of fused-ring (bicyclic) bond motifs is 1. The number of carboxylic acids is 1. The molecule has 0 spiro atoms. The summed E-state index contributed by atoms with van der Waals surface area (Å²) in [6, 6.07) is 9.26. The number of carbonyl (C=O) groups is 1. The van der Waals surface area contributed by atoms with E-state index in [0.29, 0.717) is 35.4 Å². The molecule has 1 aromatic carbocycles. The van der Waals surface area contributed by atoms with E-state index in [4.69, 9.17) is 4.42 Å². The molecule has 0 radical (unpaired) electrons. The third kappa shape index (κ3) is 3.41. The van der Waals surface area contributed by atoms with Crippen LogP contribution in [0.3, 0.4) is 0 Å². The van der Waals surface area contributed by atoms with Crippen LogP contribution in [0.25, 0.3) is 22.4 Å². The quantitative estimate of drug-likeness (QED) is 0.716. The Balaban J connectivity index is 1.83. The van der Waals surface area contributed by atoms with Crippen LogP contribution in [0.2, 0.25) is 0 Å². The van der Waals surface area contributed by atoms with Gasteiger partial charge >= 0.3 is 5.97 Å². The summed E-state index contributed by atoms with van der Waals surface area (Å²) in [7, 11) is -3.68. The Kier molecular flexibility index (Phi) is 4.91. The smallest absolute Gasteiger partial charge is 0.336 e. The van der Waals surface area contributed by atoms with Crippen LogP contribution < -0.4 is 0 Å². The van der Waals surface area contributed by atoms with Crippen molar-refractivity contribution in [3.05, 3.63) is 48.2 Å². The van der Waals surface area contributed by atoms with Gasteiger partial charge in [0.2, 0.25) is 10.0 Å². The number of hydrogen-bond acceptors (Lipinski definition) is 5. The third-order valence-corrected chi connectivity index (χ3v) is 6.88. The molecular formula is C20H20N2O5S. The highest BCUT2D eigenvalue weighted by molar-refractivity contribution is 7.89. The van der Waals surface area contributed by atoms with Gasteiger partial charge < -0.3 is 9.52 Å². The normalized spacial score (nSPS) is 16.1. The van der Waals surface area contributed by atoms with Gasteiger partial charge in [-0.05, 0) is 49.2 Å². The van der Waals surface area contributed by atoms with Gasteiger partial charge in [-0.3, -0.25) is 0 Å². The van der Waals surface area contributed by atoms with E-state index < -0.39 is 16.0 Å². The van der Waals surface area contributed by atoms with Crippen molar-refractivity contribution < 1.29 is 22.7 Å². The van der Waals surface area contributed by atoms with Crippen molar-refractivity contribution in [2.75, 3.05) is 13.1 Å². The molecule has 1 fully saturated rings. The predicted molar refractivity (Wildman–Crippen MR) is 104 cm³/mol. The van der Waals surface area contributed by atoms with E-state index in [9.17, 15) is 18.3 Å². The highest BCUT2D eigenvalue weighted by Gasteiger charge is 2.26. The molecule has 3 heterocycles. The molecule has 8 heteroatoms. The maximum atomic E-state index is 13.1. The van der Waals surface area contributed by atoms with Gasteiger partial charge in [-0.25, -0.2) is 18.2 Å². The molecule has 0 unspecified atom stereocenters. The van der Waals surface area contributed by atoms with Crippen molar-refractivity contribution in [1.29, 1.82) is 0 Å². The number of nitrogens with zero attached hydrogens (tertiary/aromatic N) is 2. The summed E-state index contributed by atoms with van der Waals surface area (Å²) in [6.07, 6.45) is 5.19. The van der Waals surface area contributed by atoms with Gasteiger partial charge in [0.05, 0.1) is 22.2 Å². The highest BCUT2D eigenvalue weighted by atomic mass is 32.2. The van der Waals surface area contributed by atoms with Gasteiger partial charge in [0.15, 0.2) is 5.76 Å². The van der Waals surface area contributed by atoms with Crippen LogP contribution in [0.5, 0.6) is 0 Å². The molecule has 0 bridgehead atoms. The molecule has 1 aliphatic rings. The molecule has 3 aromatic rings. The Labute approximate surface area is 162 Å². The Bertz CT molecular complexity index is 1110. The number of rotatable bonds is 4. The number of benzene rings is 1. The fourth-order valence-corrected chi connectivity index (χ4v) is 5.07. The zero-order valence-corrected chi connectivity index (χ0v) is 16.0. The summed E-state index contributed by atoms with van der Waals surface area (Å²) < 4.78 is 32.9. The molecule has 0 amide bonds. The maximum absolute atomic E-state index is 13.1. The fraction of sp³-hybridized carbons (Fsp3) is 0.300. The molecular weight excluding hydrogens is 380 g/mol. The van der Waals surface area contributed by atoms with Crippen LogP contribution in [0.1, 0.15) is 36.0 Å². The number of aromatic nitrogens is 1. The molecule has 0 saturated carbocycles. The lowest BCUT2D eigenvalue weighted by molar-refractivity contribution is 0.0699. The Morgan fingerprint density at radius 3 is 2.46 bits per heavy atom. The van der Waals surface area contributed by atoms with Crippen LogP contribution in [0.4, 0.5) is 0 Å². The second-order valence-corrected chi connectivity index (χ2v) is 8.77. The first-order chi connectivity index (χ1) is 13.5.